The predicted octanol–water partition coefficient (Wildman–Crippen LogP) is 4.56. The summed E-state index contributed by atoms with van der Waals surface area (Å²) in [6, 6.07) is 8.08. The van der Waals surface area contributed by atoms with Gasteiger partial charge >= 0.3 is 6.18 Å². The lowest BCUT2D eigenvalue weighted by Gasteiger charge is -2.29. The summed E-state index contributed by atoms with van der Waals surface area (Å²) in [5.41, 5.74) is 1.97. The number of aryl methyl sites for hydroxylation is 1. The second-order valence-electron chi connectivity index (χ2n) is 9.20. The number of rotatable bonds is 7. The first-order valence-corrected chi connectivity index (χ1v) is 12.2. The molecule has 0 saturated heterocycles. The lowest BCUT2D eigenvalue weighted by Crippen LogP contribution is -2.33. The molecule has 0 bridgehead atoms. The Bertz CT molecular complexity index is 1490. The zero-order valence-electron chi connectivity index (χ0n) is 21.2. The largest absolute Gasteiger partial charge is 0.416 e. The highest BCUT2D eigenvalue weighted by Gasteiger charge is 2.33. The van der Waals surface area contributed by atoms with Crippen LogP contribution >= 0.6 is 0 Å². The van der Waals surface area contributed by atoms with Gasteiger partial charge in [0.25, 0.3) is 5.56 Å². The van der Waals surface area contributed by atoms with E-state index in [1.165, 1.54) is 12.1 Å². The maximum Gasteiger partial charge on any atom is 0.416 e. The minimum atomic E-state index is -4.43. The summed E-state index contributed by atoms with van der Waals surface area (Å²) < 4.78 is 46.6. The first-order valence-electron chi connectivity index (χ1n) is 12.2. The van der Waals surface area contributed by atoms with Gasteiger partial charge in [0.15, 0.2) is 0 Å². The van der Waals surface area contributed by atoms with Crippen molar-refractivity contribution in [2.24, 2.45) is 4.99 Å². The van der Waals surface area contributed by atoms with Crippen LogP contribution in [0, 0.1) is 6.92 Å². The van der Waals surface area contributed by atoms with Crippen LogP contribution in [0.4, 0.5) is 24.8 Å². The molecule has 0 aliphatic carbocycles. The van der Waals surface area contributed by atoms with Gasteiger partial charge in [0.2, 0.25) is 0 Å². The van der Waals surface area contributed by atoms with Crippen LogP contribution in [0.15, 0.2) is 52.4 Å². The number of methoxy groups -OCH3 is 1. The average Bonchev–Trinajstić information content (AvgIpc) is 3.38. The lowest BCUT2D eigenvalue weighted by molar-refractivity contribution is -0.137. The Morgan fingerprint density at radius 1 is 1.18 bits per heavy atom. The number of benzene rings is 1. The topological polar surface area (TPSA) is 84.6 Å². The van der Waals surface area contributed by atoms with Gasteiger partial charge in [-0.15, -0.1) is 0 Å². The molecular weight excluding hydrogens is 497 g/mol. The summed E-state index contributed by atoms with van der Waals surface area (Å²) in [5, 5.41) is 3.30. The number of anilines is 2. The number of amidine groups is 1. The van der Waals surface area contributed by atoms with Gasteiger partial charge in [0.1, 0.15) is 23.3 Å². The highest BCUT2D eigenvalue weighted by atomic mass is 19.4. The van der Waals surface area contributed by atoms with E-state index < -0.39 is 17.8 Å². The summed E-state index contributed by atoms with van der Waals surface area (Å²) in [5.74, 6) is 2.47. The second kappa shape index (κ2) is 10.1. The molecular formula is C27H27F3N6O2. The SMILES string of the molecule is COCCn1cc(C2=Cc3c(N[C@H](C)c4cccc(C(F)(F)F)c4)nc(C)nc3N3CCN=C23)ccc1=O. The molecule has 0 unspecified atom stereocenters. The van der Waals surface area contributed by atoms with Crippen molar-refractivity contribution < 1.29 is 17.9 Å². The minimum Gasteiger partial charge on any atom is -0.383 e. The molecule has 0 saturated carbocycles. The maximum atomic E-state index is 13.3. The third kappa shape index (κ3) is 4.93. The first-order chi connectivity index (χ1) is 18.2. The Labute approximate surface area is 217 Å². The Morgan fingerprint density at radius 2 is 2.00 bits per heavy atom. The van der Waals surface area contributed by atoms with Crippen molar-refractivity contribution in [3.8, 4) is 0 Å². The van der Waals surface area contributed by atoms with E-state index in [1.54, 1.807) is 43.9 Å². The summed E-state index contributed by atoms with van der Waals surface area (Å²) in [6.45, 7) is 5.59. The third-order valence-electron chi connectivity index (χ3n) is 6.56. The van der Waals surface area contributed by atoms with Gasteiger partial charge < -0.3 is 19.5 Å². The van der Waals surface area contributed by atoms with Crippen LogP contribution in [0.3, 0.4) is 0 Å². The van der Waals surface area contributed by atoms with Gasteiger partial charge in [-0.3, -0.25) is 9.79 Å². The van der Waals surface area contributed by atoms with Crippen LogP contribution in [-0.2, 0) is 17.5 Å². The highest BCUT2D eigenvalue weighted by molar-refractivity contribution is 6.36. The normalized spacial score (nSPS) is 15.5. The number of aliphatic imine (C=N–C) groups is 1. The molecule has 8 nitrogen and oxygen atoms in total. The smallest absolute Gasteiger partial charge is 0.383 e. The quantitative estimate of drug-likeness (QED) is 0.488. The summed E-state index contributed by atoms with van der Waals surface area (Å²) in [6.07, 6.45) is -0.717. The number of hydrogen-bond donors (Lipinski definition) is 1. The number of nitrogens with zero attached hydrogens (tertiary/aromatic N) is 5. The standard InChI is InChI=1S/C27H27F3N6O2/c1-16(18-5-4-6-20(13-18)27(28,29)30)32-24-22-14-21(19-7-8-23(37)35(15-19)11-12-38-3)25-31-9-10-36(25)26(22)34-17(2)33-24/h4-8,13-16H,9-12H2,1-3H3,(H,32,33,34)/t16-/m1/s1. The molecule has 1 atom stereocenters. The molecule has 2 aromatic heterocycles. The third-order valence-corrected chi connectivity index (χ3v) is 6.56. The molecule has 0 amide bonds. The Balaban J connectivity index is 1.57. The van der Waals surface area contributed by atoms with Gasteiger partial charge in [0.05, 0.1) is 24.3 Å². The monoisotopic (exact) mass is 524 g/mol. The van der Waals surface area contributed by atoms with Crippen LogP contribution < -0.4 is 15.8 Å². The van der Waals surface area contributed by atoms with E-state index in [4.69, 9.17) is 9.73 Å². The van der Waals surface area contributed by atoms with Crippen LogP contribution in [0.2, 0.25) is 0 Å². The van der Waals surface area contributed by atoms with E-state index in [-0.39, 0.29) is 5.56 Å². The van der Waals surface area contributed by atoms with Gasteiger partial charge in [0, 0.05) is 49.6 Å². The van der Waals surface area contributed by atoms with Crippen LogP contribution in [-0.4, -0.2) is 47.2 Å². The van der Waals surface area contributed by atoms with Gasteiger partial charge in [-0.05, 0) is 43.7 Å². The molecule has 2 aliphatic rings. The average molecular weight is 525 g/mol. The molecule has 0 radical (unpaired) electrons. The van der Waals surface area contributed by atoms with E-state index in [0.29, 0.717) is 54.8 Å². The van der Waals surface area contributed by atoms with Gasteiger partial charge in [-0.1, -0.05) is 12.1 Å². The maximum absolute atomic E-state index is 13.3. The first kappa shape index (κ1) is 25.7. The van der Waals surface area contributed by atoms with Gasteiger partial charge in [-0.2, -0.15) is 13.2 Å². The van der Waals surface area contributed by atoms with E-state index in [0.717, 1.165) is 29.1 Å². The Kier molecular flexibility index (Phi) is 6.78. The molecule has 198 valence electrons. The number of aromatic nitrogens is 3. The lowest BCUT2D eigenvalue weighted by atomic mass is 9.98. The van der Waals surface area contributed by atoms with Gasteiger partial charge in [-0.25, -0.2) is 9.97 Å². The van der Waals surface area contributed by atoms with Crippen LogP contribution in [0.5, 0.6) is 0 Å². The molecule has 2 aliphatic heterocycles. The van der Waals surface area contributed by atoms with Crippen molar-refractivity contribution in [3.05, 3.63) is 81.0 Å². The van der Waals surface area contributed by atoms with Crippen LogP contribution in [0.25, 0.3) is 11.6 Å². The van der Waals surface area contributed by atoms with Crippen molar-refractivity contribution in [1.82, 2.24) is 14.5 Å². The zero-order chi connectivity index (χ0) is 27.0. The fourth-order valence-electron chi connectivity index (χ4n) is 4.65. The summed E-state index contributed by atoms with van der Waals surface area (Å²) in [4.78, 5) is 28.4. The molecule has 0 fully saturated rings. The zero-order valence-corrected chi connectivity index (χ0v) is 21.2. The fourth-order valence-corrected chi connectivity index (χ4v) is 4.65. The molecule has 38 heavy (non-hydrogen) atoms. The second-order valence-corrected chi connectivity index (χ2v) is 9.20. The number of alkyl halides is 3. The molecule has 1 N–H and O–H groups in total. The van der Waals surface area contributed by atoms with E-state index in [2.05, 4.69) is 15.3 Å². The highest BCUT2D eigenvalue weighted by Crippen LogP contribution is 2.39. The van der Waals surface area contributed by atoms with Crippen molar-refractivity contribution in [3.63, 3.8) is 0 Å². The van der Waals surface area contributed by atoms with E-state index >= 15 is 0 Å². The number of pyridine rings is 1. The summed E-state index contributed by atoms with van der Waals surface area (Å²) in [7, 11) is 1.58. The number of halogens is 3. The number of fused-ring (bicyclic) bond motifs is 3. The van der Waals surface area contributed by atoms with Crippen molar-refractivity contribution in [2.75, 3.05) is 37.0 Å². The number of ether oxygens (including phenoxy) is 1. The van der Waals surface area contributed by atoms with E-state index in [9.17, 15) is 18.0 Å². The summed E-state index contributed by atoms with van der Waals surface area (Å²) >= 11 is 0. The van der Waals surface area contributed by atoms with Crippen molar-refractivity contribution in [1.29, 1.82) is 0 Å². The predicted molar refractivity (Wildman–Crippen MR) is 140 cm³/mol. The number of hydrogen-bond acceptors (Lipinski definition) is 7. The minimum absolute atomic E-state index is 0.135. The fraction of sp³-hybridized carbons (Fsp3) is 0.333. The van der Waals surface area contributed by atoms with Crippen LogP contribution in [0.1, 0.15) is 41.0 Å². The molecule has 1 aromatic carbocycles. The van der Waals surface area contributed by atoms with Crippen molar-refractivity contribution in [2.45, 2.75) is 32.6 Å². The molecule has 5 rings (SSSR count). The Morgan fingerprint density at radius 3 is 2.76 bits per heavy atom. The van der Waals surface area contributed by atoms with E-state index in [1.807, 2.05) is 11.0 Å². The molecule has 4 heterocycles. The molecule has 3 aromatic rings. The molecule has 0 spiro atoms. The van der Waals surface area contributed by atoms with Crippen molar-refractivity contribution >= 4 is 29.1 Å². The molecule has 11 heteroatoms. The Hall–Kier alpha value is -3.99. The number of nitrogens with one attached hydrogen (secondary N) is 1.